The van der Waals surface area contributed by atoms with Crippen LogP contribution in [-0.2, 0) is 6.54 Å². The summed E-state index contributed by atoms with van der Waals surface area (Å²) in [6.45, 7) is 5.40. The van der Waals surface area contributed by atoms with Crippen molar-refractivity contribution >= 4 is 6.29 Å². The molecule has 1 atom stereocenters. The van der Waals surface area contributed by atoms with Gasteiger partial charge >= 0.3 is 0 Å². The van der Waals surface area contributed by atoms with Gasteiger partial charge in [-0.2, -0.15) is 0 Å². The molecule has 0 aromatic carbocycles. The van der Waals surface area contributed by atoms with Crippen molar-refractivity contribution in [2.24, 2.45) is 0 Å². The molecule has 2 heterocycles. The lowest BCUT2D eigenvalue weighted by Gasteiger charge is -2.35. The van der Waals surface area contributed by atoms with E-state index in [0.29, 0.717) is 11.7 Å². The Morgan fingerprint density at radius 1 is 1.53 bits per heavy atom. The summed E-state index contributed by atoms with van der Waals surface area (Å²) in [7, 11) is 0. The third-order valence-electron chi connectivity index (χ3n) is 3.33. The van der Waals surface area contributed by atoms with E-state index in [4.69, 9.17) is 0 Å². The molecule has 0 radical (unpaired) electrons. The Kier molecular flexibility index (Phi) is 4.25. The van der Waals surface area contributed by atoms with Gasteiger partial charge in [-0.1, -0.05) is 18.6 Å². The molecule has 1 aromatic heterocycles. The summed E-state index contributed by atoms with van der Waals surface area (Å²) in [5, 5.41) is 7.78. The van der Waals surface area contributed by atoms with Gasteiger partial charge in [0.2, 0.25) is 0 Å². The molecule has 0 aliphatic carbocycles. The minimum atomic E-state index is 0.419. The quantitative estimate of drug-likeness (QED) is 0.724. The van der Waals surface area contributed by atoms with Crippen LogP contribution < -0.4 is 0 Å². The Balaban J connectivity index is 1.97. The van der Waals surface area contributed by atoms with Crippen molar-refractivity contribution in [1.82, 2.24) is 19.9 Å². The van der Waals surface area contributed by atoms with Crippen LogP contribution in [0.3, 0.4) is 0 Å². The van der Waals surface area contributed by atoms with E-state index in [9.17, 15) is 4.79 Å². The summed E-state index contributed by atoms with van der Waals surface area (Å²) < 4.78 is 1.79. The Labute approximate surface area is 102 Å². The Bertz CT molecular complexity index is 361. The molecule has 1 saturated heterocycles. The number of carbonyl (C=O) groups excluding carboxylic acids is 1. The molecule has 1 aromatic rings. The first-order chi connectivity index (χ1) is 8.33. The summed E-state index contributed by atoms with van der Waals surface area (Å²) in [4.78, 5) is 13.1. The third-order valence-corrected chi connectivity index (χ3v) is 3.33. The third kappa shape index (κ3) is 3.12. The number of rotatable bonds is 5. The number of aromatic nitrogens is 3. The van der Waals surface area contributed by atoms with Crippen LogP contribution in [0.25, 0.3) is 0 Å². The monoisotopic (exact) mass is 236 g/mol. The van der Waals surface area contributed by atoms with Crippen molar-refractivity contribution in [3.8, 4) is 0 Å². The predicted molar refractivity (Wildman–Crippen MR) is 64.9 cm³/mol. The van der Waals surface area contributed by atoms with Gasteiger partial charge in [-0.15, -0.1) is 5.10 Å². The highest BCUT2D eigenvalue weighted by molar-refractivity contribution is 5.70. The molecule has 0 amide bonds. The second-order valence-corrected chi connectivity index (χ2v) is 4.67. The number of carbonyl (C=O) groups is 1. The molecule has 94 valence electrons. The van der Waals surface area contributed by atoms with E-state index in [1.165, 1.54) is 32.2 Å². The van der Waals surface area contributed by atoms with Gasteiger partial charge in [0.15, 0.2) is 6.29 Å². The number of hydrogen-bond acceptors (Lipinski definition) is 4. The molecule has 17 heavy (non-hydrogen) atoms. The van der Waals surface area contributed by atoms with E-state index in [1.807, 2.05) is 0 Å². The van der Waals surface area contributed by atoms with Gasteiger partial charge in [-0.3, -0.25) is 14.4 Å². The zero-order chi connectivity index (χ0) is 12.1. The molecule has 5 heteroatoms. The lowest BCUT2D eigenvalue weighted by atomic mass is 10.0. The molecule has 2 rings (SSSR count). The zero-order valence-electron chi connectivity index (χ0n) is 10.4. The van der Waals surface area contributed by atoms with E-state index in [-0.39, 0.29) is 0 Å². The fourth-order valence-electron chi connectivity index (χ4n) is 2.52. The lowest BCUT2D eigenvalue weighted by Crippen LogP contribution is -2.42. The van der Waals surface area contributed by atoms with E-state index < -0.39 is 0 Å². The van der Waals surface area contributed by atoms with Gasteiger partial charge in [-0.25, -0.2) is 0 Å². The standard InChI is InChI=1S/C12H20N4O/c1-2-6-15-7-4-3-5-12(15)9-16-8-11(10-17)13-14-16/h8,10,12H,2-7,9H2,1H3/t12-/m0/s1. The summed E-state index contributed by atoms with van der Waals surface area (Å²) in [6, 6.07) is 0.546. The Hall–Kier alpha value is -1.23. The van der Waals surface area contributed by atoms with Gasteiger partial charge in [-0.05, 0) is 32.4 Å². The van der Waals surface area contributed by atoms with Crippen molar-refractivity contribution in [1.29, 1.82) is 0 Å². The fraction of sp³-hybridized carbons (Fsp3) is 0.750. The maximum absolute atomic E-state index is 10.6. The molecule has 0 unspecified atom stereocenters. The van der Waals surface area contributed by atoms with E-state index in [0.717, 1.165) is 19.4 Å². The number of aldehydes is 1. The van der Waals surface area contributed by atoms with E-state index >= 15 is 0 Å². The van der Waals surface area contributed by atoms with Gasteiger partial charge < -0.3 is 0 Å². The molecule has 5 nitrogen and oxygen atoms in total. The van der Waals surface area contributed by atoms with Crippen molar-refractivity contribution < 1.29 is 4.79 Å². The number of piperidine rings is 1. The maximum Gasteiger partial charge on any atom is 0.171 e. The Morgan fingerprint density at radius 2 is 2.41 bits per heavy atom. The molecule has 1 aliphatic rings. The topological polar surface area (TPSA) is 51.0 Å². The van der Waals surface area contributed by atoms with Crippen LogP contribution in [0.5, 0.6) is 0 Å². The van der Waals surface area contributed by atoms with Crippen molar-refractivity contribution in [2.75, 3.05) is 13.1 Å². The second-order valence-electron chi connectivity index (χ2n) is 4.67. The van der Waals surface area contributed by atoms with Crippen LogP contribution in [0.2, 0.25) is 0 Å². The molecule has 0 saturated carbocycles. The van der Waals surface area contributed by atoms with Crippen LogP contribution in [0.15, 0.2) is 6.20 Å². The van der Waals surface area contributed by atoms with Crippen LogP contribution in [0, 0.1) is 0 Å². The first-order valence-corrected chi connectivity index (χ1v) is 6.43. The highest BCUT2D eigenvalue weighted by Gasteiger charge is 2.22. The van der Waals surface area contributed by atoms with Crippen LogP contribution in [0.4, 0.5) is 0 Å². The molecule has 0 N–H and O–H groups in total. The van der Waals surface area contributed by atoms with Crippen LogP contribution in [0.1, 0.15) is 43.1 Å². The number of nitrogens with zero attached hydrogens (tertiary/aromatic N) is 4. The summed E-state index contributed by atoms with van der Waals surface area (Å²) in [5.74, 6) is 0. The first-order valence-electron chi connectivity index (χ1n) is 6.43. The van der Waals surface area contributed by atoms with Crippen molar-refractivity contribution in [2.45, 2.75) is 45.2 Å². The lowest BCUT2D eigenvalue weighted by molar-refractivity contribution is 0.111. The van der Waals surface area contributed by atoms with Gasteiger partial charge in [0.25, 0.3) is 0 Å². The predicted octanol–water partition coefficient (Wildman–Crippen LogP) is 1.36. The number of hydrogen-bond donors (Lipinski definition) is 0. The molecule has 1 aliphatic heterocycles. The summed E-state index contributed by atoms with van der Waals surface area (Å²) in [6.07, 6.45) is 7.47. The minimum absolute atomic E-state index is 0.419. The zero-order valence-corrected chi connectivity index (χ0v) is 10.4. The van der Waals surface area contributed by atoms with Crippen molar-refractivity contribution in [3.05, 3.63) is 11.9 Å². The average Bonchev–Trinajstić information content (AvgIpc) is 2.80. The van der Waals surface area contributed by atoms with Crippen molar-refractivity contribution in [3.63, 3.8) is 0 Å². The molecule has 1 fully saturated rings. The van der Waals surface area contributed by atoms with E-state index in [2.05, 4.69) is 22.1 Å². The Morgan fingerprint density at radius 3 is 3.12 bits per heavy atom. The first kappa shape index (κ1) is 12.2. The van der Waals surface area contributed by atoms with Crippen LogP contribution >= 0.6 is 0 Å². The highest BCUT2D eigenvalue weighted by atomic mass is 16.1. The van der Waals surface area contributed by atoms with E-state index in [1.54, 1.807) is 10.9 Å². The largest absolute Gasteiger partial charge is 0.299 e. The van der Waals surface area contributed by atoms with Gasteiger partial charge in [0, 0.05) is 6.04 Å². The SMILES string of the molecule is CCCN1CCCC[C@H]1Cn1cc(C=O)nn1. The minimum Gasteiger partial charge on any atom is -0.299 e. The van der Waals surface area contributed by atoms with Gasteiger partial charge in [0.1, 0.15) is 5.69 Å². The summed E-state index contributed by atoms with van der Waals surface area (Å²) in [5.41, 5.74) is 0.419. The second kappa shape index (κ2) is 5.91. The smallest absolute Gasteiger partial charge is 0.171 e. The molecule has 0 spiro atoms. The molecular formula is C12H20N4O. The maximum atomic E-state index is 10.6. The molecule has 0 bridgehead atoms. The van der Waals surface area contributed by atoms with Crippen LogP contribution in [-0.4, -0.2) is 45.3 Å². The fourth-order valence-corrected chi connectivity index (χ4v) is 2.52. The average molecular weight is 236 g/mol. The highest BCUT2D eigenvalue weighted by Crippen LogP contribution is 2.18. The molecular weight excluding hydrogens is 216 g/mol. The number of likely N-dealkylation sites (tertiary alicyclic amines) is 1. The normalized spacial score (nSPS) is 21.6. The van der Waals surface area contributed by atoms with Gasteiger partial charge in [0.05, 0.1) is 12.7 Å². The summed E-state index contributed by atoms with van der Waals surface area (Å²) >= 11 is 0.